The molecular weight excluding hydrogens is 286 g/mol. The maximum absolute atomic E-state index is 10.8. The van der Waals surface area contributed by atoms with Crippen molar-refractivity contribution in [3.8, 4) is 0 Å². The van der Waals surface area contributed by atoms with Gasteiger partial charge in [-0.25, -0.2) is 8.42 Å². The first-order chi connectivity index (χ1) is 8.61. The average Bonchev–Trinajstić information content (AvgIpc) is 2.26. The van der Waals surface area contributed by atoms with Crippen molar-refractivity contribution in [1.82, 2.24) is 5.32 Å². The number of carbonyl (C=O) groups excluding carboxylic acids is 1. The largest absolute Gasteiger partial charge is 0.726 e. The van der Waals surface area contributed by atoms with E-state index in [2.05, 4.69) is 9.50 Å². The number of rotatable bonds is 4. The normalized spacial score (nSPS) is 35.9. The first kappa shape index (κ1) is 16.2. The predicted molar refractivity (Wildman–Crippen MR) is 56.1 cm³/mol. The highest BCUT2D eigenvalue weighted by atomic mass is 32.3. The lowest BCUT2D eigenvalue weighted by molar-refractivity contribution is -0.252. The average molecular weight is 300 g/mol. The highest BCUT2D eigenvalue weighted by molar-refractivity contribution is 7.80. The SMILES string of the molecule is CC(=O)NC1C(O)OC(COS(=O)(=O)[O-])C(O)C1O. The van der Waals surface area contributed by atoms with Gasteiger partial charge in [0.2, 0.25) is 16.3 Å². The van der Waals surface area contributed by atoms with Crippen molar-refractivity contribution in [2.45, 2.75) is 37.6 Å². The van der Waals surface area contributed by atoms with Gasteiger partial charge in [0.25, 0.3) is 0 Å². The number of carbonyl (C=O) groups is 1. The molecule has 0 aromatic heterocycles. The van der Waals surface area contributed by atoms with E-state index in [-0.39, 0.29) is 0 Å². The van der Waals surface area contributed by atoms with Crippen LogP contribution < -0.4 is 5.32 Å². The van der Waals surface area contributed by atoms with Gasteiger partial charge in [0.1, 0.15) is 24.4 Å². The van der Waals surface area contributed by atoms with E-state index < -0.39 is 53.6 Å². The fraction of sp³-hybridized carbons (Fsp3) is 0.875. The van der Waals surface area contributed by atoms with Crippen LogP contribution in [0.5, 0.6) is 0 Å². The fourth-order valence-electron chi connectivity index (χ4n) is 1.62. The summed E-state index contributed by atoms with van der Waals surface area (Å²) in [4.78, 5) is 10.8. The van der Waals surface area contributed by atoms with Crippen LogP contribution in [0.2, 0.25) is 0 Å². The van der Waals surface area contributed by atoms with Crippen molar-refractivity contribution in [2.75, 3.05) is 6.61 Å². The van der Waals surface area contributed by atoms with E-state index >= 15 is 0 Å². The molecule has 11 heteroatoms. The van der Waals surface area contributed by atoms with E-state index in [0.29, 0.717) is 0 Å². The van der Waals surface area contributed by atoms with E-state index in [1.165, 1.54) is 0 Å². The Labute approximate surface area is 108 Å². The summed E-state index contributed by atoms with van der Waals surface area (Å²) in [7, 11) is -4.99. The van der Waals surface area contributed by atoms with Crippen LogP contribution in [0.1, 0.15) is 6.92 Å². The fourth-order valence-corrected chi connectivity index (χ4v) is 1.93. The zero-order valence-corrected chi connectivity index (χ0v) is 10.6. The molecule has 19 heavy (non-hydrogen) atoms. The van der Waals surface area contributed by atoms with Crippen molar-refractivity contribution in [2.24, 2.45) is 0 Å². The Balaban J connectivity index is 2.69. The molecule has 0 aromatic rings. The third kappa shape index (κ3) is 4.65. The predicted octanol–water partition coefficient (Wildman–Crippen LogP) is -3.59. The summed E-state index contributed by atoms with van der Waals surface area (Å²) in [6.07, 6.45) is -6.39. The molecule has 1 heterocycles. The topological polar surface area (TPSA) is 165 Å². The molecule has 0 aliphatic carbocycles. The van der Waals surface area contributed by atoms with Crippen molar-refractivity contribution in [3.63, 3.8) is 0 Å². The van der Waals surface area contributed by atoms with Gasteiger partial charge in [-0.1, -0.05) is 0 Å². The number of nitrogens with one attached hydrogen (secondary N) is 1. The van der Waals surface area contributed by atoms with Crippen molar-refractivity contribution < 1.29 is 42.0 Å². The number of hydrogen-bond acceptors (Lipinski definition) is 9. The molecule has 0 aromatic carbocycles. The Hall–Kier alpha value is -0.820. The van der Waals surface area contributed by atoms with Crippen LogP contribution in [0.4, 0.5) is 0 Å². The Morgan fingerprint density at radius 1 is 1.37 bits per heavy atom. The molecule has 0 radical (unpaired) electrons. The van der Waals surface area contributed by atoms with Gasteiger partial charge in [-0.3, -0.25) is 8.98 Å². The third-order valence-corrected chi connectivity index (χ3v) is 2.89. The molecule has 1 aliphatic rings. The molecule has 1 saturated heterocycles. The van der Waals surface area contributed by atoms with E-state index in [1.807, 2.05) is 0 Å². The zero-order valence-electron chi connectivity index (χ0n) is 9.79. The number of hydrogen-bond donors (Lipinski definition) is 4. The summed E-state index contributed by atoms with van der Waals surface area (Å²) < 4.78 is 39.4. The quantitative estimate of drug-likeness (QED) is 0.303. The first-order valence-corrected chi connectivity index (χ1v) is 6.52. The minimum absolute atomic E-state index is 0.573. The van der Waals surface area contributed by atoms with Gasteiger partial charge >= 0.3 is 0 Å². The van der Waals surface area contributed by atoms with Crippen LogP contribution in [0.3, 0.4) is 0 Å². The molecule has 1 amide bonds. The van der Waals surface area contributed by atoms with Gasteiger partial charge in [-0.15, -0.1) is 0 Å². The first-order valence-electron chi connectivity index (χ1n) is 5.19. The molecule has 1 rings (SSSR count). The highest BCUT2D eigenvalue weighted by Gasteiger charge is 2.44. The van der Waals surface area contributed by atoms with E-state index in [4.69, 9.17) is 4.74 Å². The molecule has 5 atom stereocenters. The second-order valence-electron chi connectivity index (χ2n) is 3.97. The number of aliphatic hydroxyl groups excluding tert-OH is 3. The highest BCUT2D eigenvalue weighted by Crippen LogP contribution is 2.20. The van der Waals surface area contributed by atoms with Crippen molar-refractivity contribution in [1.29, 1.82) is 0 Å². The van der Waals surface area contributed by atoms with Gasteiger partial charge in [0, 0.05) is 6.92 Å². The van der Waals surface area contributed by atoms with Gasteiger partial charge in [0.15, 0.2) is 6.29 Å². The van der Waals surface area contributed by atoms with Crippen LogP contribution in [0.25, 0.3) is 0 Å². The van der Waals surface area contributed by atoms with Crippen LogP contribution in [-0.2, 0) is 24.1 Å². The summed E-state index contributed by atoms with van der Waals surface area (Å²) in [5.41, 5.74) is 0. The van der Waals surface area contributed by atoms with Gasteiger partial charge in [-0.2, -0.15) is 0 Å². The summed E-state index contributed by atoms with van der Waals surface area (Å²) in [5.74, 6) is -0.573. The maximum Gasteiger partial charge on any atom is 0.217 e. The number of aliphatic hydroxyl groups is 3. The second kappa shape index (κ2) is 6.09. The molecule has 112 valence electrons. The summed E-state index contributed by atoms with van der Waals surface area (Å²) >= 11 is 0. The second-order valence-corrected chi connectivity index (χ2v) is 5.02. The molecular formula is C8H14NO9S-. The van der Waals surface area contributed by atoms with Crippen LogP contribution in [0, 0.1) is 0 Å². The monoisotopic (exact) mass is 300 g/mol. The third-order valence-electron chi connectivity index (χ3n) is 2.47. The summed E-state index contributed by atoms with van der Waals surface area (Å²) in [6.45, 7) is 0.263. The lowest BCUT2D eigenvalue weighted by Gasteiger charge is -2.40. The lowest BCUT2D eigenvalue weighted by Crippen LogP contribution is -2.64. The van der Waals surface area contributed by atoms with Crippen LogP contribution >= 0.6 is 0 Å². The van der Waals surface area contributed by atoms with E-state index in [9.17, 15) is 33.1 Å². The van der Waals surface area contributed by atoms with Gasteiger partial charge < -0.3 is 29.9 Å². The smallest absolute Gasteiger partial charge is 0.217 e. The standard InChI is InChI=1S/C8H15NO9S/c1-3(10)9-5-7(12)6(11)4(18-8(5)13)2-17-19(14,15)16/h4-8,11-13H,2H2,1H3,(H,9,10)(H,14,15,16)/p-1. The van der Waals surface area contributed by atoms with Crippen molar-refractivity contribution in [3.05, 3.63) is 0 Å². The van der Waals surface area contributed by atoms with Crippen LogP contribution in [0.15, 0.2) is 0 Å². The maximum atomic E-state index is 10.8. The van der Waals surface area contributed by atoms with Crippen molar-refractivity contribution >= 4 is 16.3 Å². The van der Waals surface area contributed by atoms with Gasteiger partial charge in [-0.05, 0) is 0 Å². The summed E-state index contributed by atoms with van der Waals surface area (Å²) in [5, 5.41) is 31.0. The zero-order chi connectivity index (χ0) is 14.8. The minimum atomic E-state index is -4.99. The molecule has 0 spiro atoms. The molecule has 5 unspecified atom stereocenters. The number of ether oxygens (including phenoxy) is 1. The molecule has 0 saturated carbocycles. The minimum Gasteiger partial charge on any atom is -0.726 e. The number of amides is 1. The Bertz CT molecular complexity index is 424. The lowest BCUT2D eigenvalue weighted by atomic mass is 9.97. The van der Waals surface area contributed by atoms with E-state index in [0.717, 1.165) is 6.92 Å². The molecule has 10 nitrogen and oxygen atoms in total. The van der Waals surface area contributed by atoms with Gasteiger partial charge in [0.05, 0.1) is 6.61 Å². The molecule has 1 fully saturated rings. The molecule has 1 aliphatic heterocycles. The molecule has 0 bridgehead atoms. The van der Waals surface area contributed by atoms with E-state index in [1.54, 1.807) is 0 Å². The summed E-state index contributed by atoms with van der Waals surface area (Å²) in [6, 6.07) is -1.28. The Morgan fingerprint density at radius 3 is 2.42 bits per heavy atom. The Morgan fingerprint density at radius 2 is 1.95 bits per heavy atom. The molecule has 4 N–H and O–H groups in total. The van der Waals surface area contributed by atoms with Crippen LogP contribution in [-0.4, -0.2) is 71.4 Å². The Kier molecular flexibility index (Phi) is 5.20.